The summed E-state index contributed by atoms with van der Waals surface area (Å²) in [4.78, 5) is 16.2. The van der Waals surface area contributed by atoms with Crippen LogP contribution in [0.2, 0.25) is 0 Å². The molecular weight excluding hydrogens is 343 g/mol. The van der Waals surface area contributed by atoms with Crippen LogP contribution in [0, 0.1) is 11.7 Å². The van der Waals surface area contributed by atoms with Crippen LogP contribution in [0.5, 0.6) is 0 Å². The summed E-state index contributed by atoms with van der Waals surface area (Å²) in [7, 11) is 0. The number of hydrogen-bond donors (Lipinski definition) is 1. The number of halogens is 1. The molecule has 0 saturated heterocycles. The zero-order valence-corrected chi connectivity index (χ0v) is 15.7. The molecule has 0 aliphatic carbocycles. The van der Waals surface area contributed by atoms with Crippen LogP contribution in [0.4, 0.5) is 10.2 Å². The van der Waals surface area contributed by atoms with Crippen molar-refractivity contribution in [3.8, 4) is 22.4 Å². The van der Waals surface area contributed by atoms with Crippen molar-refractivity contribution in [1.29, 1.82) is 0 Å². The van der Waals surface area contributed by atoms with Crippen LogP contribution >= 0.6 is 0 Å². The van der Waals surface area contributed by atoms with Gasteiger partial charge < -0.3 is 5.32 Å². The highest BCUT2D eigenvalue weighted by atomic mass is 19.1. The van der Waals surface area contributed by atoms with Gasteiger partial charge in [-0.15, -0.1) is 0 Å². The van der Waals surface area contributed by atoms with Gasteiger partial charge in [0.05, 0.1) is 0 Å². The van der Waals surface area contributed by atoms with E-state index in [9.17, 15) is 9.18 Å². The topological polar surface area (TPSA) is 59.8 Å². The second-order valence-corrected chi connectivity index (χ2v) is 6.74. The number of nitrogens with one attached hydrogen (secondary N) is 1. The van der Waals surface area contributed by atoms with E-state index < -0.39 is 0 Å². The van der Waals surface area contributed by atoms with Gasteiger partial charge in [-0.05, 0) is 48.4 Å². The lowest BCUT2D eigenvalue weighted by molar-refractivity contribution is -0.118. The van der Waals surface area contributed by atoms with Crippen molar-refractivity contribution in [2.45, 2.75) is 33.7 Å². The van der Waals surface area contributed by atoms with Gasteiger partial charge in [-0.3, -0.25) is 9.48 Å². The molecule has 0 saturated carbocycles. The first-order valence-electron chi connectivity index (χ1n) is 9.08. The third kappa shape index (κ3) is 4.39. The van der Waals surface area contributed by atoms with Gasteiger partial charge in [0.25, 0.3) is 0 Å². The number of nitrogens with zero attached hydrogens (tertiary/aromatic N) is 3. The highest BCUT2D eigenvalue weighted by molar-refractivity contribution is 5.92. The van der Waals surface area contributed by atoms with Crippen molar-refractivity contribution in [1.82, 2.24) is 14.8 Å². The smallest absolute Gasteiger partial charge is 0.228 e. The molecule has 2 aromatic heterocycles. The summed E-state index contributed by atoms with van der Waals surface area (Å²) in [5.41, 5.74) is 3.42. The van der Waals surface area contributed by atoms with Gasteiger partial charge in [0, 0.05) is 36.0 Å². The molecule has 140 valence electrons. The normalized spacial score (nSPS) is 11.0. The van der Waals surface area contributed by atoms with Crippen LogP contribution in [0.3, 0.4) is 0 Å². The summed E-state index contributed by atoms with van der Waals surface area (Å²) >= 11 is 0. The maximum Gasteiger partial charge on any atom is 0.228 e. The molecule has 3 rings (SSSR count). The minimum Gasteiger partial charge on any atom is -0.310 e. The molecule has 0 fully saturated rings. The summed E-state index contributed by atoms with van der Waals surface area (Å²) in [6.45, 7) is 6.54. The molecule has 27 heavy (non-hydrogen) atoms. The molecular formula is C21H23FN4O. The zero-order valence-electron chi connectivity index (χ0n) is 15.7. The molecule has 5 nitrogen and oxygen atoms in total. The Morgan fingerprint density at radius 2 is 1.93 bits per heavy atom. The molecule has 0 radical (unpaired) electrons. The average molecular weight is 366 g/mol. The summed E-state index contributed by atoms with van der Waals surface area (Å²) in [5.74, 6) is 0.00741. The fourth-order valence-corrected chi connectivity index (χ4v) is 2.73. The quantitative estimate of drug-likeness (QED) is 0.684. The van der Waals surface area contributed by atoms with Crippen LogP contribution in [-0.2, 0) is 11.3 Å². The Kier molecular flexibility index (Phi) is 5.64. The molecule has 1 N–H and O–H groups in total. The first-order valence-corrected chi connectivity index (χ1v) is 9.08. The Morgan fingerprint density at radius 1 is 1.19 bits per heavy atom. The van der Waals surface area contributed by atoms with Crippen molar-refractivity contribution in [2.24, 2.45) is 5.92 Å². The first kappa shape index (κ1) is 18.8. The number of rotatable bonds is 6. The largest absolute Gasteiger partial charge is 0.310 e. The molecule has 3 aromatic rings. The standard InChI is InChI=1S/C21H23FN4O/c1-4-11-26-13-18(20(25-26)15-5-7-17(22)8-6-15)16-9-10-23-19(12-16)24-21(27)14(2)3/h5-10,12-14H,4,11H2,1-3H3,(H,23,24,27). The first-order chi connectivity index (χ1) is 13.0. The van der Waals surface area contributed by atoms with E-state index in [1.165, 1.54) is 12.1 Å². The number of carbonyl (C=O) groups excluding carboxylic acids is 1. The SMILES string of the molecule is CCCn1cc(-c2ccnc(NC(=O)C(C)C)c2)c(-c2ccc(F)cc2)n1. The van der Waals surface area contributed by atoms with Gasteiger partial charge in [-0.2, -0.15) is 5.10 Å². The molecule has 0 bridgehead atoms. The number of aryl methyl sites for hydroxylation is 1. The van der Waals surface area contributed by atoms with Gasteiger partial charge in [0.1, 0.15) is 17.3 Å². The van der Waals surface area contributed by atoms with Crippen LogP contribution < -0.4 is 5.32 Å². The van der Waals surface area contributed by atoms with E-state index in [1.807, 2.05) is 36.9 Å². The van der Waals surface area contributed by atoms with Crippen molar-refractivity contribution < 1.29 is 9.18 Å². The van der Waals surface area contributed by atoms with Crippen molar-refractivity contribution in [2.75, 3.05) is 5.32 Å². The summed E-state index contributed by atoms with van der Waals surface area (Å²) in [6, 6.07) is 10.0. The van der Waals surface area contributed by atoms with E-state index in [-0.39, 0.29) is 17.6 Å². The van der Waals surface area contributed by atoms with Gasteiger partial charge in [0.15, 0.2) is 0 Å². The molecule has 1 amide bonds. The van der Waals surface area contributed by atoms with E-state index in [1.54, 1.807) is 18.3 Å². The monoisotopic (exact) mass is 366 g/mol. The molecule has 2 heterocycles. The fourth-order valence-electron chi connectivity index (χ4n) is 2.73. The van der Waals surface area contributed by atoms with Gasteiger partial charge in [0.2, 0.25) is 5.91 Å². The Balaban J connectivity index is 2.02. The second-order valence-electron chi connectivity index (χ2n) is 6.74. The minimum absolute atomic E-state index is 0.0833. The zero-order chi connectivity index (χ0) is 19.4. The Bertz CT molecular complexity index is 932. The minimum atomic E-state index is -0.282. The molecule has 0 atom stereocenters. The summed E-state index contributed by atoms with van der Waals surface area (Å²) < 4.78 is 15.2. The lowest BCUT2D eigenvalue weighted by atomic mass is 10.0. The van der Waals surface area contributed by atoms with Gasteiger partial charge in [-0.1, -0.05) is 20.8 Å². The molecule has 0 aliphatic heterocycles. The van der Waals surface area contributed by atoms with E-state index in [0.717, 1.165) is 35.3 Å². The van der Waals surface area contributed by atoms with Gasteiger partial charge in [-0.25, -0.2) is 9.37 Å². The number of anilines is 1. The van der Waals surface area contributed by atoms with E-state index in [2.05, 4.69) is 22.3 Å². The maximum atomic E-state index is 13.3. The second kappa shape index (κ2) is 8.12. The van der Waals surface area contributed by atoms with E-state index in [4.69, 9.17) is 0 Å². The van der Waals surface area contributed by atoms with Crippen LogP contribution in [0.15, 0.2) is 48.8 Å². The maximum absolute atomic E-state index is 13.3. The number of amides is 1. The molecule has 0 unspecified atom stereocenters. The van der Waals surface area contributed by atoms with Gasteiger partial charge >= 0.3 is 0 Å². The Labute approximate surface area is 158 Å². The highest BCUT2D eigenvalue weighted by Crippen LogP contribution is 2.32. The van der Waals surface area contributed by atoms with Crippen molar-refractivity contribution in [3.63, 3.8) is 0 Å². The fraction of sp³-hybridized carbons (Fsp3) is 0.286. The molecule has 1 aromatic carbocycles. The lowest BCUT2D eigenvalue weighted by Crippen LogP contribution is -2.18. The predicted octanol–water partition coefficient (Wildman–Crippen LogP) is 4.76. The number of hydrogen-bond acceptors (Lipinski definition) is 3. The summed E-state index contributed by atoms with van der Waals surface area (Å²) in [6.07, 6.45) is 4.60. The Hall–Kier alpha value is -3.02. The molecule has 6 heteroatoms. The number of aromatic nitrogens is 3. The molecule has 0 spiro atoms. The lowest BCUT2D eigenvalue weighted by Gasteiger charge is -2.08. The number of benzene rings is 1. The molecule has 0 aliphatic rings. The number of carbonyl (C=O) groups is 1. The summed E-state index contributed by atoms with van der Waals surface area (Å²) in [5, 5.41) is 7.50. The van der Waals surface area contributed by atoms with Crippen LogP contribution in [0.1, 0.15) is 27.2 Å². The van der Waals surface area contributed by atoms with E-state index >= 15 is 0 Å². The predicted molar refractivity (Wildman–Crippen MR) is 105 cm³/mol. The van der Waals surface area contributed by atoms with Crippen LogP contribution in [-0.4, -0.2) is 20.7 Å². The Morgan fingerprint density at radius 3 is 2.59 bits per heavy atom. The third-order valence-corrected chi connectivity index (χ3v) is 4.18. The van der Waals surface area contributed by atoms with Crippen LogP contribution in [0.25, 0.3) is 22.4 Å². The average Bonchev–Trinajstić information content (AvgIpc) is 3.07. The number of pyridine rings is 1. The highest BCUT2D eigenvalue weighted by Gasteiger charge is 2.15. The third-order valence-electron chi connectivity index (χ3n) is 4.18. The van der Waals surface area contributed by atoms with Crippen molar-refractivity contribution in [3.05, 3.63) is 54.6 Å². The van der Waals surface area contributed by atoms with Crippen molar-refractivity contribution >= 4 is 11.7 Å². The van der Waals surface area contributed by atoms with E-state index in [0.29, 0.717) is 5.82 Å².